The van der Waals surface area contributed by atoms with Crippen molar-refractivity contribution in [3.8, 4) is 11.3 Å². The highest BCUT2D eigenvalue weighted by atomic mass is 32.2. The Balaban J connectivity index is 1.44. The highest BCUT2D eigenvalue weighted by Gasteiger charge is 2.31. The summed E-state index contributed by atoms with van der Waals surface area (Å²) in [4.78, 5) is 44.2. The van der Waals surface area contributed by atoms with Crippen molar-refractivity contribution in [1.82, 2.24) is 4.98 Å². The first-order chi connectivity index (χ1) is 22.1. The van der Waals surface area contributed by atoms with E-state index in [2.05, 4.69) is 15.2 Å². The molecule has 1 aliphatic heterocycles. The minimum Gasteiger partial charge on any atom is -0.550 e. The molecule has 46 heavy (non-hydrogen) atoms. The first-order valence-corrected chi connectivity index (χ1v) is 16.0. The summed E-state index contributed by atoms with van der Waals surface area (Å²) < 4.78 is 40.0. The average molecular weight is 647 g/mol. The Hall–Kier alpha value is -4.64. The summed E-state index contributed by atoms with van der Waals surface area (Å²) in [6.45, 7) is 1.75. The molecule has 1 amide bonds. The van der Waals surface area contributed by atoms with Crippen molar-refractivity contribution in [3.05, 3.63) is 113 Å². The topological polar surface area (TPSA) is 102 Å². The lowest BCUT2D eigenvalue weighted by Gasteiger charge is -2.29. The van der Waals surface area contributed by atoms with E-state index in [1.807, 2.05) is 18.2 Å². The van der Waals surface area contributed by atoms with Crippen LogP contribution >= 0.6 is 11.8 Å². The Kier molecular flexibility index (Phi) is 10.4. The van der Waals surface area contributed by atoms with E-state index in [1.54, 1.807) is 24.3 Å². The van der Waals surface area contributed by atoms with Crippen molar-refractivity contribution < 1.29 is 32.7 Å². The fourth-order valence-electron chi connectivity index (χ4n) is 5.27. The number of carbonyl (C=O) groups is 3. The molecular formula is C35H31F3N3O4S-. The number of piperidine rings is 1. The van der Waals surface area contributed by atoms with Gasteiger partial charge in [-0.25, -0.2) is 0 Å². The fraction of sp³-hybridized carbons (Fsp3) is 0.257. The number of carbonyl (C=O) groups excluding carboxylic acids is 3. The van der Waals surface area contributed by atoms with E-state index in [1.165, 1.54) is 42.2 Å². The molecule has 1 aromatic heterocycles. The van der Waals surface area contributed by atoms with Crippen molar-refractivity contribution in [1.29, 1.82) is 0 Å². The molecule has 1 saturated heterocycles. The molecule has 2 heterocycles. The van der Waals surface area contributed by atoms with E-state index in [0.29, 0.717) is 34.0 Å². The maximum Gasteiger partial charge on any atom is 0.416 e. The van der Waals surface area contributed by atoms with Gasteiger partial charge in [-0.15, -0.1) is 0 Å². The molecule has 0 saturated carbocycles. The molecule has 11 heteroatoms. The number of thioether (sulfide) groups is 1. The van der Waals surface area contributed by atoms with Crippen LogP contribution < -0.4 is 15.3 Å². The standard InChI is InChI=1S/C35H32F3N3O4S/c36-35(37,38)27-9-5-7-24(19-27)33(44)25-12-14-39-31(20-25)29-21-28(41-15-2-1-3-16-41)10-11-30(29)40-34(45)26-8-4-6-23(18-26)22-46-17-13-32(42)43/h4-12,14,18-21H,1-3,13,15-17,22H2,(H,40,45)(H,42,43)/p-1. The molecule has 4 aromatic rings. The average Bonchev–Trinajstić information content (AvgIpc) is 3.06. The lowest BCUT2D eigenvalue weighted by atomic mass is 9.99. The maximum absolute atomic E-state index is 13.4. The number of carboxylic acid groups (broad SMARTS) is 1. The second-order valence-electron chi connectivity index (χ2n) is 10.9. The molecular weight excluding hydrogens is 615 g/mol. The number of carboxylic acids is 1. The second-order valence-corrected chi connectivity index (χ2v) is 12.0. The number of halogens is 3. The predicted molar refractivity (Wildman–Crippen MR) is 171 cm³/mol. The zero-order valence-electron chi connectivity index (χ0n) is 24.8. The molecule has 238 valence electrons. The minimum atomic E-state index is -4.59. The van der Waals surface area contributed by atoms with Gasteiger partial charge in [0, 0.05) is 58.9 Å². The van der Waals surface area contributed by atoms with Crippen LogP contribution in [0.1, 0.15) is 63.1 Å². The summed E-state index contributed by atoms with van der Waals surface area (Å²) >= 11 is 1.43. The van der Waals surface area contributed by atoms with Gasteiger partial charge in [0.05, 0.1) is 16.9 Å². The Morgan fingerprint density at radius 3 is 2.37 bits per heavy atom. The number of pyridine rings is 1. The lowest BCUT2D eigenvalue weighted by Crippen LogP contribution is -2.29. The highest BCUT2D eigenvalue weighted by Crippen LogP contribution is 2.34. The third-order valence-corrected chi connectivity index (χ3v) is 8.66. The Bertz CT molecular complexity index is 1740. The number of ketones is 1. The van der Waals surface area contributed by atoms with Gasteiger partial charge in [0.15, 0.2) is 5.78 Å². The van der Waals surface area contributed by atoms with Crippen LogP contribution in [0.4, 0.5) is 24.5 Å². The van der Waals surface area contributed by atoms with Crippen molar-refractivity contribution in [2.75, 3.05) is 29.1 Å². The first kappa shape index (κ1) is 32.7. The molecule has 7 nitrogen and oxygen atoms in total. The van der Waals surface area contributed by atoms with E-state index in [4.69, 9.17) is 0 Å². The number of aliphatic carboxylic acids is 1. The third-order valence-electron chi connectivity index (χ3n) is 7.63. The van der Waals surface area contributed by atoms with Gasteiger partial charge in [-0.2, -0.15) is 24.9 Å². The fourth-order valence-corrected chi connectivity index (χ4v) is 6.14. The van der Waals surface area contributed by atoms with Gasteiger partial charge in [-0.1, -0.05) is 24.3 Å². The second kappa shape index (κ2) is 14.6. The van der Waals surface area contributed by atoms with Gasteiger partial charge in [0.1, 0.15) is 0 Å². The van der Waals surface area contributed by atoms with Gasteiger partial charge in [0.25, 0.3) is 5.91 Å². The van der Waals surface area contributed by atoms with Crippen LogP contribution in [0.3, 0.4) is 0 Å². The van der Waals surface area contributed by atoms with Crippen LogP contribution in [0, 0.1) is 0 Å². The summed E-state index contributed by atoms with van der Waals surface area (Å²) in [6, 6.07) is 19.9. The molecule has 5 rings (SSSR count). The van der Waals surface area contributed by atoms with Crippen LogP contribution in [-0.2, 0) is 16.7 Å². The number of benzene rings is 3. The highest BCUT2D eigenvalue weighted by molar-refractivity contribution is 7.98. The van der Waals surface area contributed by atoms with Gasteiger partial charge in [0.2, 0.25) is 0 Å². The summed E-state index contributed by atoms with van der Waals surface area (Å²) in [6.07, 6.45) is 0.0354. The van der Waals surface area contributed by atoms with Crippen LogP contribution in [0.2, 0.25) is 0 Å². The normalized spacial score (nSPS) is 13.3. The zero-order valence-corrected chi connectivity index (χ0v) is 25.6. The van der Waals surface area contributed by atoms with E-state index in [9.17, 15) is 32.7 Å². The number of amides is 1. The molecule has 1 aliphatic rings. The SMILES string of the molecule is O=C([O-])CCSCc1cccc(C(=O)Nc2ccc(N3CCCCC3)cc2-c2cc(C(=O)c3cccc(C(F)(F)F)c3)ccn2)c1. The molecule has 0 atom stereocenters. The molecule has 1 fully saturated rings. The quantitative estimate of drug-likeness (QED) is 0.144. The molecule has 0 bridgehead atoms. The van der Waals surface area contributed by atoms with E-state index < -0.39 is 23.5 Å². The van der Waals surface area contributed by atoms with E-state index >= 15 is 0 Å². The molecule has 3 aromatic carbocycles. The predicted octanol–water partition coefficient (Wildman–Crippen LogP) is 6.61. The number of nitrogens with one attached hydrogen (secondary N) is 1. The number of aromatic nitrogens is 1. The van der Waals surface area contributed by atoms with Crippen molar-refractivity contribution in [2.45, 2.75) is 37.6 Å². The maximum atomic E-state index is 13.4. The van der Waals surface area contributed by atoms with Crippen LogP contribution in [0.25, 0.3) is 11.3 Å². The summed E-state index contributed by atoms with van der Waals surface area (Å²) in [5, 5.41) is 13.7. The van der Waals surface area contributed by atoms with Crippen LogP contribution in [0.15, 0.2) is 85.1 Å². The summed E-state index contributed by atoms with van der Waals surface area (Å²) in [5.41, 5.74) is 2.75. The molecule has 1 N–H and O–H groups in total. The molecule has 0 aliphatic carbocycles. The number of alkyl halides is 3. The molecule has 0 spiro atoms. The van der Waals surface area contributed by atoms with Gasteiger partial charge < -0.3 is 20.1 Å². The summed E-state index contributed by atoms with van der Waals surface area (Å²) in [5.74, 6) is -1.14. The smallest absolute Gasteiger partial charge is 0.416 e. The Morgan fingerprint density at radius 2 is 1.61 bits per heavy atom. The van der Waals surface area contributed by atoms with Crippen LogP contribution in [-0.4, -0.2) is 41.5 Å². The van der Waals surface area contributed by atoms with E-state index in [-0.39, 0.29) is 23.5 Å². The largest absolute Gasteiger partial charge is 0.550 e. The molecule has 0 radical (unpaired) electrons. The minimum absolute atomic E-state index is 0.0537. The third kappa shape index (κ3) is 8.33. The lowest BCUT2D eigenvalue weighted by molar-refractivity contribution is -0.305. The van der Waals surface area contributed by atoms with Crippen molar-refractivity contribution >= 4 is 40.8 Å². The van der Waals surface area contributed by atoms with E-state index in [0.717, 1.165) is 55.7 Å². The zero-order chi connectivity index (χ0) is 32.7. The number of hydrogen-bond donors (Lipinski definition) is 1. The summed E-state index contributed by atoms with van der Waals surface area (Å²) in [7, 11) is 0. The van der Waals surface area contributed by atoms with Gasteiger partial charge in [-0.3, -0.25) is 14.6 Å². The number of anilines is 2. The number of hydrogen-bond acceptors (Lipinski definition) is 7. The van der Waals surface area contributed by atoms with Crippen molar-refractivity contribution in [3.63, 3.8) is 0 Å². The number of nitrogens with zero attached hydrogens (tertiary/aromatic N) is 2. The van der Waals surface area contributed by atoms with Crippen LogP contribution in [0.5, 0.6) is 0 Å². The first-order valence-electron chi connectivity index (χ1n) is 14.8. The van der Waals surface area contributed by atoms with Crippen molar-refractivity contribution in [2.24, 2.45) is 0 Å². The van der Waals surface area contributed by atoms with Gasteiger partial charge >= 0.3 is 6.18 Å². The Labute approximate surface area is 268 Å². The monoisotopic (exact) mass is 646 g/mol. The van der Waals surface area contributed by atoms with Gasteiger partial charge in [-0.05, 0) is 91.6 Å². The Morgan fingerprint density at radius 1 is 0.870 bits per heavy atom. The number of rotatable bonds is 11. The molecule has 0 unspecified atom stereocenters.